The molecule has 0 heterocycles. The summed E-state index contributed by atoms with van der Waals surface area (Å²) in [4.78, 5) is 0. The van der Waals surface area contributed by atoms with Crippen LogP contribution in [0.2, 0.25) is 0 Å². The third-order valence-corrected chi connectivity index (χ3v) is 3.13. The fourth-order valence-electron chi connectivity index (χ4n) is 1.91. The van der Waals surface area contributed by atoms with Crippen molar-refractivity contribution in [2.45, 2.75) is 13.5 Å². The molecule has 0 saturated heterocycles. The lowest BCUT2D eigenvalue weighted by Gasteiger charge is -2.13. The second kappa shape index (κ2) is 5.69. The predicted octanol–water partition coefficient (Wildman–Crippen LogP) is 3.14. The molecule has 0 aliphatic heterocycles. The molecule has 0 aliphatic rings. The molecule has 1 radical (unpaired) electrons. The fraction of sp³-hybridized carbons (Fsp3) is 0.188. The van der Waals surface area contributed by atoms with Gasteiger partial charge in [-0.3, -0.25) is 0 Å². The molecule has 93 valence electrons. The summed E-state index contributed by atoms with van der Waals surface area (Å²) in [6, 6.07) is 16.5. The molecule has 0 amide bonds. The van der Waals surface area contributed by atoms with Gasteiger partial charge < -0.3 is 10.5 Å². The lowest BCUT2D eigenvalue weighted by molar-refractivity contribution is 0.414. The van der Waals surface area contributed by atoms with E-state index >= 15 is 0 Å². The molecule has 0 spiro atoms. The molecule has 0 unspecified atom stereocenters. The molecule has 0 atom stereocenters. The van der Waals surface area contributed by atoms with Gasteiger partial charge in [-0.15, -0.1) is 0 Å². The molecule has 0 bridgehead atoms. The van der Waals surface area contributed by atoms with Crippen LogP contribution in [0.1, 0.15) is 23.6 Å². The van der Waals surface area contributed by atoms with Crippen molar-refractivity contribution in [2.75, 3.05) is 7.11 Å². The Kier molecular flexibility index (Phi) is 4.00. The van der Waals surface area contributed by atoms with Gasteiger partial charge in [0.25, 0.3) is 0 Å². The molecule has 2 N–H and O–H groups in total. The van der Waals surface area contributed by atoms with Gasteiger partial charge in [-0.2, -0.15) is 0 Å². The maximum absolute atomic E-state index is 5.60. The van der Waals surface area contributed by atoms with E-state index in [0.29, 0.717) is 6.54 Å². The second-order valence-electron chi connectivity index (χ2n) is 4.26. The zero-order valence-electron chi connectivity index (χ0n) is 10.8. The van der Waals surface area contributed by atoms with E-state index < -0.39 is 0 Å². The molecular weight excluding hydrogens is 222 g/mol. The van der Waals surface area contributed by atoms with Gasteiger partial charge in [0.1, 0.15) is 5.75 Å². The number of rotatable bonds is 4. The fourth-order valence-corrected chi connectivity index (χ4v) is 1.91. The Balaban J connectivity index is 2.25. The molecule has 0 fully saturated rings. The van der Waals surface area contributed by atoms with Crippen molar-refractivity contribution in [1.82, 2.24) is 0 Å². The third kappa shape index (κ3) is 2.71. The number of nitrogens with two attached hydrogens (primary N) is 1. The van der Waals surface area contributed by atoms with Crippen LogP contribution in [0, 0.1) is 5.92 Å². The quantitative estimate of drug-likeness (QED) is 0.891. The smallest absolute Gasteiger partial charge is 0.119 e. The van der Waals surface area contributed by atoms with E-state index in [-0.39, 0.29) is 0 Å². The van der Waals surface area contributed by atoms with Crippen molar-refractivity contribution < 1.29 is 4.74 Å². The van der Waals surface area contributed by atoms with Crippen LogP contribution in [0.4, 0.5) is 0 Å². The van der Waals surface area contributed by atoms with Gasteiger partial charge in [0.05, 0.1) is 7.11 Å². The van der Waals surface area contributed by atoms with Gasteiger partial charge in [-0.25, -0.2) is 0 Å². The number of hydrogen-bond acceptors (Lipinski definition) is 2. The molecule has 2 aromatic carbocycles. The zero-order valence-corrected chi connectivity index (χ0v) is 10.8. The van der Waals surface area contributed by atoms with E-state index in [1.807, 2.05) is 18.2 Å². The molecule has 0 aromatic heterocycles. The van der Waals surface area contributed by atoms with Crippen LogP contribution in [-0.2, 0) is 6.54 Å². The molecule has 18 heavy (non-hydrogen) atoms. The normalized spacial score (nSPS) is 10.7. The number of ether oxygens (including phenoxy) is 1. The van der Waals surface area contributed by atoms with Crippen molar-refractivity contribution in [3.63, 3.8) is 0 Å². The average Bonchev–Trinajstić information content (AvgIpc) is 2.46. The minimum absolute atomic E-state index is 0.582. The van der Waals surface area contributed by atoms with Gasteiger partial charge in [-0.05, 0) is 28.8 Å². The standard InChI is InChI=1S/C16H18NO/c1-12(14-8-6-13(11-17)7-9-14)15-4-3-5-16(10-15)18-2/h3-10H,11,17H2,1-2H3. The highest BCUT2D eigenvalue weighted by molar-refractivity contribution is 5.47. The predicted molar refractivity (Wildman–Crippen MR) is 74.4 cm³/mol. The van der Waals surface area contributed by atoms with E-state index in [4.69, 9.17) is 10.5 Å². The van der Waals surface area contributed by atoms with Gasteiger partial charge >= 0.3 is 0 Å². The summed E-state index contributed by atoms with van der Waals surface area (Å²) < 4.78 is 5.25. The van der Waals surface area contributed by atoms with Gasteiger partial charge in [0.2, 0.25) is 0 Å². The number of benzene rings is 2. The first-order valence-electron chi connectivity index (χ1n) is 6.02. The maximum Gasteiger partial charge on any atom is 0.119 e. The third-order valence-electron chi connectivity index (χ3n) is 3.13. The summed E-state index contributed by atoms with van der Waals surface area (Å²) in [5.41, 5.74) is 9.14. The molecule has 2 nitrogen and oxygen atoms in total. The average molecular weight is 240 g/mol. The van der Waals surface area contributed by atoms with E-state index in [1.165, 1.54) is 17.0 Å². The van der Waals surface area contributed by atoms with Crippen LogP contribution in [-0.4, -0.2) is 7.11 Å². The van der Waals surface area contributed by atoms with Gasteiger partial charge in [0, 0.05) is 12.5 Å². The lowest BCUT2D eigenvalue weighted by Crippen LogP contribution is -2.00. The Morgan fingerprint density at radius 1 is 1.06 bits per heavy atom. The summed E-state index contributed by atoms with van der Waals surface area (Å²) in [6.45, 7) is 2.70. The zero-order chi connectivity index (χ0) is 13.0. The van der Waals surface area contributed by atoms with Crippen LogP contribution in [0.5, 0.6) is 5.75 Å². The molecule has 2 rings (SSSR count). The van der Waals surface area contributed by atoms with E-state index in [1.54, 1.807) is 7.11 Å². The number of methoxy groups -OCH3 is 1. The Morgan fingerprint density at radius 2 is 1.78 bits per heavy atom. The first-order chi connectivity index (χ1) is 8.74. The minimum Gasteiger partial charge on any atom is -0.497 e. The van der Waals surface area contributed by atoms with Crippen molar-refractivity contribution in [3.8, 4) is 5.75 Å². The highest BCUT2D eigenvalue weighted by Gasteiger charge is 2.09. The topological polar surface area (TPSA) is 35.2 Å². The summed E-state index contributed by atoms with van der Waals surface area (Å²) >= 11 is 0. The maximum atomic E-state index is 5.60. The van der Waals surface area contributed by atoms with Gasteiger partial charge in [-0.1, -0.05) is 43.3 Å². The highest BCUT2D eigenvalue weighted by Crippen LogP contribution is 2.26. The summed E-state index contributed by atoms with van der Waals surface area (Å²) in [5.74, 6) is 2.11. The molecular formula is C16H18NO. The van der Waals surface area contributed by atoms with Crippen LogP contribution in [0.15, 0.2) is 48.5 Å². The minimum atomic E-state index is 0.582. The number of hydrogen-bond donors (Lipinski definition) is 1. The Labute approximate surface area is 108 Å². The second-order valence-corrected chi connectivity index (χ2v) is 4.26. The van der Waals surface area contributed by atoms with E-state index in [2.05, 4.69) is 37.3 Å². The Bertz CT molecular complexity index is 505. The molecule has 0 aliphatic carbocycles. The van der Waals surface area contributed by atoms with Crippen molar-refractivity contribution in [2.24, 2.45) is 5.73 Å². The summed E-state index contributed by atoms with van der Waals surface area (Å²) in [6.07, 6.45) is 0. The highest BCUT2D eigenvalue weighted by atomic mass is 16.5. The van der Waals surface area contributed by atoms with Crippen molar-refractivity contribution >= 4 is 0 Å². The first-order valence-corrected chi connectivity index (χ1v) is 6.02. The SMILES string of the molecule is COc1cccc([C](C)c2ccc(CN)cc2)c1. The van der Waals surface area contributed by atoms with Crippen LogP contribution in [0.3, 0.4) is 0 Å². The Morgan fingerprint density at radius 3 is 2.39 bits per heavy atom. The van der Waals surface area contributed by atoms with Crippen molar-refractivity contribution in [1.29, 1.82) is 0 Å². The van der Waals surface area contributed by atoms with Gasteiger partial charge in [0.15, 0.2) is 0 Å². The first kappa shape index (κ1) is 12.7. The van der Waals surface area contributed by atoms with Crippen molar-refractivity contribution in [3.05, 3.63) is 71.1 Å². The summed E-state index contributed by atoms with van der Waals surface area (Å²) in [5, 5.41) is 0. The Hall–Kier alpha value is -1.80. The molecule has 2 aromatic rings. The van der Waals surface area contributed by atoms with E-state index in [9.17, 15) is 0 Å². The summed E-state index contributed by atoms with van der Waals surface area (Å²) in [7, 11) is 1.69. The molecule has 0 saturated carbocycles. The van der Waals surface area contributed by atoms with Crippen LogP contribution < -0.4 is 10.5 Å². The van der Waals surface area contributed by atoms with Crippen LogP contribution in [0.25, 0.3) is 0 Å². The largest absolute Gasteiger partial charge is 0.497 e. The van der Waals surface area contributed by atoms with E-state index in [0.717, 1.165) is 11.3 Å². The van der Waals surface area contributed by atoms with Crippen LogP contribution >= 0.6 is 0 Å². The lowest BCUT2D eigenvalue weighted by atomic mass is 9.92. The monoisotopic (exact) mass is 240 g/mol. The molecule has 2 heteroatoms.